The first-order chi connectivity index (χ1) is 12.0. The van der Waals surface area contributed by atoms with Crippen LogP contribution in [-0.2, 0) is 11.2 Å². The van der Waals surface area contributed by atoms with E-state index in [1.165, 1.54) is 0 Å². The average molecular weight is 516 g/mol. The van der Waals surface area contributed by atoms with Crippen molar-refractivity contribution in [2.75, 3.05) is 6.61 Å². The molecular weight excluding hydrogens is 497 g/mol. The molecule has 2 atom stereocenters. The maximum atomic E-state index is 12.6. The molecule has 0 bridgehead atoms. The van der Waals surface area contributed by atoms with Crippen LogP contribution in [0.25, 0.3) is 0 Å². The van der Waals surface area contributed by atoms with Crippen molar-refractivity contribution in [1.82, 2.24) is 15.1 Å². The molecule has 1 amide bonds. The molecule has 2 aromatic rings. The molecule has 1 aromatic carbocycles. The lowest BCUT2D eigenvalue weighted by Crippen LogP contribution is -2.36. The number of halogens is 2. The Morgan fingerprint density at radius 3 is 3.00 bits per heavy atom. The van der Waals surface area contributed by atoms with Crippen molar-refractivity contribution < 1.29 is 9.53 Å². The van der Waals surface area contributed by atoms with Gasteiger partial charge >= 0.3 is 0 Å². The van der Waals surface area contributed by atoms with Crippen LogP contribution in [0, 0.1) is 10.6 Å². The van der Waals surface area contributed by atoms with E-state index in [-0.39, 0.29) is 18.2 Å². The summed E-state index contributed by atoms with van der Waals surface area (Å²) in [5.41, 5.74) is 3.89. The Balaban J connectivity index is 1.65. The smallest absolute Gasteiger partial charge is 0.253 e. The van der Waals surface area contributed by atoms with Crippen molar-refractivity contribution >= 4 is 44.4 Å². The highest BCUT2D eigenvalue weighted by molar-refractivity contribution is 14.1. The van der Waals surface area contributed by atoms with Crippen molar-refractivity contribution in [3.63, 3.8) is 0 Å². The van der Waals surface area contributed by atoms with E-state index in [0.29, 0.717) is 0 Å². The van der Waals surface area contributed by atoms with Gasteiger partial charge in [-0.3, -0.25) is 4.79 Å². The largest absolute Gasteiger partial charge is 0.356 e. The molecule has 1 fully saturated rings. The summed E-state index contributed by atoms with van der Waals surface area (Å²) in [6.45, 7) is 2.84. The molecule has 1 aromatic heterocycles. The number of fused-ring (bicyclic) bond motifs is 1. The third kappa shape index (κ3) is 3.26. The summed E-state index contributed by atoms with van der Waals surface area (Å²) in [4.78, 5) is 12.6. The first-order valence-electron chi connectivity index (χ1n) is 8.50. The Kier molecular flexibility index (Phi) is 4.89. The number of nitrogens with one attached hydrogen (secondary N) is 1. The number of carbonyl (C=O) groups excluding carboxylic acids is 1. The molecule has 2 aliphatic heterocycles. The number of aromatic nitrogens is 2. The highest BCUT2D eigenvalue weighted by atomic mass is 127. The zero-order chi connectivity index (χ0) is 17.6. The van der Waals surface area contributed by atoms with Crippen LogP contribution in [0.3, 0.4) is 0 Å². The van der Waals surface area contributed by atoms with Crippen LogP contribution in [0.15, 0.2) is 22.7 Å². The molecule has 0 spiro atoms. The molecule has 132 valence electrons. The highest BCUT2D eigenvalue weighted by Gasteiger charge is 2.31. The van der Waals surface area contributed by atoms with Gasteiger partial charge < -0.3 is 10.1 Å². The van der Waals surface area contributed by atoms with Crippen LogP contribution in [0.2, 0.25) is 0 Å². The number of hydrogen-bond donors (Lipinski definition) is 1. The molecular formula is C18H19BrIN3O2. The quantitative estimate of drug-likeness (QED) is 0.607. The Morgan fingerprint density at radius 1 is 1.40 bits per heavy atom. The fourth-order valence-electron chi connectivity index (χ4n) is 3.57. The van der Waals surface area contributed by atoms with Gasteiger partial charge in [-0.15, -0.1) is 0 Å². The van der Waals surface area contributed by atoms with Gasteiger partial charge in [0.15, 0.2) is 6.23 Å². The molecule has 0 aliphatic carbocycles. The van der Waals surface area contributed by atoms with Crippen molar-refractivity contribution in [3.05, 3.63) is 48.8 Å². The van der Waals surface area contributed by atoms with E-state index in [4.69, 9.17) is 9.84 Å². The Bertz CT molecular complexity index is 830. The topological polar surface area (TPSA) is 56.1 Å². The predicted octanol–water partition coefficient (Wildman–Crippen LogP) is 4.28. The molecule has 4 rings (SSSR count). The predicted molar refractivity (Wildman–Crippen MR) is 107 cm³/mol. The third-order valence-electron chi connectivity index (χ3n) is 4.93. The van der Waals surface area contributed by atoms with E-state index >= 15 is 0 Å². The second-order valence-corrected chi connectivity index (χ2v) is 8.57. The molecule has 2 unspecified atom stereocenters. The molecule has 2 aliphatic rings. The zero-order valence-electron chi connectivity index (χ0n) is 13.9. The number of aryl methyl sites for hydroxylation is 1. The fraction of sp³-hybridized carbons (Fsp3) is 0.444. The maximum absolute atomic E-state index is 12.6. The third-order valence-corrected chi connectivity index (χ3v) is 6.40. The monoisotopic (exact) mass is 515 g/mol. The van der Waals surface area contributed by atoms with Crippen LogP contribution in [0.1, 0.15) is 58.7 Å². The van der Waals surface area contributed by atoms with Gasteiger partial charge in [-0.2, -0.15) is 5.10 Å². The number of nitrogens with zero attached hydrogens (tertiary/aromatic N) is 2. The summed E-state index contributed by atoms with van der Waals surface area (Å²) in [5, 5.41) is 7.89. The van der Waals surface area contributed by atoms with E-state index in [1.807, 2.05) is 10.7 Å². The lowest BCUT2D eigenvalue weighted by Gasteiger charge is -2.27. The maximum Gasteiger partial charge on any atom is 0.253 e. The van der Waals surface area contributed by atoms with Crippen molar-refractivity contribution in [1.29, 1.82) is 0 Å². The van der Waals surface area contributed by atoms with Gasteiger partial charge in [-0.25, -0.2) is 4.68 Å². The van der Waals surface area contributed by atoms with Crippen LogP contribution in [0.5, 0.6) is 0 Å². The lowest BCUT2D eigenvalue weighted by atomic mass is 9.90. The Labute approximate surface area is 168 Å². The van der Waals surface area contributed by atoms with Crippen molar-refractivity contribution in [2.45, 2.75) is 44.9 Å². The van der Waals surface area contributed by atoms with E-state index in [9.17, 15) is 4.79 Å². The van der Waals surface area contributed by atoms with Crippen molar-refractivity contribution in [3.8, 4) is 0 Å². The van der Waals surface area contributed by atoms with E-state index in [1.54, 1.807) is 0 Å². The summed E-state index contributed by atoms with van der Waals surface area (Å²) < 4.78 is 9.72. The van der Waals surface area contributed by atoms with Gasteiger partial charge in [0.2, 0.25) is 0 Å². The molecule has 1 N–H and O–H groups in total. The number of hydrogen-bond acceptors (Lipinski definition) is 3. The Hall–Kier alpha value is -0.930. The molecule has 0 radical (unpaired) electrons. The van der Waals surface area contributed by atoms with Gasteiger partial charge in [-0.1, -0.05) is 6.07 Å². The number of ether oxygens (including phenoxy) is 1. The van der Waals surface area contributed by atoms with E-state index in [0.717, 1.165) is 62.8 Å². The molecule has 1 saturated heterocycles. The van der Waals surface area contributed by atoms with E-state index < -0.39 is 0 Å². The average Bonchev–Trinajstić information content (AvgIpc) is 3.00. The molecule has 0 saturated carbocycles. The number of rotatable bonds is 2. The standard InChI is InChI=1S/C18H19BrIN3O2/c1-10-5-6-12(19)17-11(10)8-13(21-18(17)24)14-9-15(20)23(22-14)16-4-2-3-7-25-16/h5-6,9,13,16H,2-4,7-8H2,1H3,(H,21,24). The van der Waals surface area contributed by atoms with Crippen LogP contribution in [-0.4, -0.2) is 22.3 Å². The number of benzene rings is 1. The van der Waals surface area contributed by atoms with Crippen molar-refractivity contribution in [2.24, 2.45) is 0 Å². The minimum atomic E-state index is -0.105. The molecule has 25 heavy (non-hydrogen) atoms. The number of amides is 1. The molecule has 5 nitrogen and oxygen atoms in total. The molecule has 7 heteroatoms. The minimum absolute atomic E-state index is 0.0110. The summed E-state index contributed by atoms with van der Waals surface area (Å²) in [6.07, 6.45) is 4.03. The summed E-state index contributed by atoms with van der Waals surface area (Å²) in [5.74, 6) is -0.0414. The SMILES string of the molecule is Cc1ccc(Br)c2c1CC(c1cc(I)n(C3CCCCO3)n1)NC2=O. The second-order valence-electron chi connectivity index (χ2n) is 6.61. The zero-order valence-corrected chi connectivity index (χ0v) is 17.6. The van der Waals surface area contributed by atoms with Gasteiger partial charge in [0.1, 0.15) is 3.70 Å². The summed E-state index contributed by atoms with van der Waals surface area (Å²) in [6, 6.07) is 5.94. The minimum Gasteiger partial charge on any atom is -0.356 e. The second kappa shape index (κ2) is 7.00. The normalized spacial score (nSPS) is 23.2. The Morgan fingerprint density at radius 2 is 2.24 bits per heavy atom. The van der Waals surface area contributed by atoms with Gasteiger partial charge in [0, 0.05) is 11.1 Å². The highest BCUT2D eigenvalue weighted by Crippen LogP contribution is 2.33. The lowest BCUT2D eigenvalue weighted by molar-refractivity contribution is -0.0413. The summed E-state index contributed by atoms with van der Waals surface area (Å²) in [7, 11) is 0. The summed E-state index contributed by atoms with van der Waals surface area (Å²) >= 11 is 5.80. The van der Waals surface area contributed by atoms with Gasteiger partial charge in [0.25, 0.3) is 5.91 Å². The van der Waals surface area contributed by atoms with Crippen LogP contribution in [0.4, 0.5) is 0 Å². The van der Waals surface area contributed by atoms with Crippen LogP contribution < -0.4 is 5.32 Å². The first-order valence-corrected chi connectivity index (χ1v) is 10.4. The van der Waals surface area contributed by atoms with Gasteiger partial charge in [-0.05, 0) is 94.4 Å². The first kappa shape index (κ1) is 17.5. The fourth-order valence-corrected chi connectivity index (χ4v) is 4.86. The van der Waals surface area contributed by atoms with Crippen LogP contribution >= 0.6 is 38.5 Å². The number of carbonyl (C=O) groups is 1. The van der Waals surface area contributed by atoms with Gasteiger partial charge in [0.05, 0.1) is 17.3 Å². The van der Waals surface area contributed by atoms with E-state index in [2.05, 4.69) is 62.9 Å². The molecule has 3 heterocycles.